The number of anilines is 2. The van der Waals surface area contributed by atoms with Crippen LogP contribution >= 0.6 is 12.6 Å². The molecule has 1 unspecified atom stereocenters. The molecule has 1 N–H and O–H groups in total. The van der Waals surface area contributed by atoms with Crippen molar-refractivity contribution < 1.29 is 14.7 Å². The molecule has 0 aromatic heterocycles. The summed E-state index contributed by atoms with van der Waals surface area (Å²) in [6, 6.07) is 18.4. The summed E-state index contributed by atoms with van der Waals surface area (Å²) >= 11 is 4.17. The summed E-state index contributed by atoms with van der Waals surface area (Å²) in [6.45, 7) is 1.30. The van der Waals surface area contributed by atoms with Gasteiger partial charge in [0.25, 0.3) is 0 Å². The molecule has 5 nitrogen and oxygen atoms in total. The number of rotatable bonds is 7. The normalized spacial score (nSPS) is 11.6. The Labute approximate surface area is 146 Å². The van der Waals surface area contributed by atoms with Crippen LogP contribution in [0.2, 0.25) is 0 Å². The standard InChI is InChI=1S/C18H20N2O3S/c1-14(13-24)18(23)19(12-17(21)22)20(15-8-4-2-5-9-15)16-10-6-3-7-11-16/h2-11,14,24H,12-13H2,1H3,(H,21,22). The summed E-state index contributed by atoms with van der Waals surface area (Å²) in [5, 5.41) is 12.2. The van der Waals surface area contributed by atoms with Crippen molar-refractivity contribution in [1.29, 1.82) is 0 Å². The number of aliphatic carboxylic acids is 1. The largest absolute Gasteiger partial charge is 0.480 e. The van der Waals surface area contributed by atoms with E-state index < -0.39 is 18.4 Å². The molecule has 0 fully saturated rings. The van der Waals surface area contributed by atoms with E-state index in [9.17, 15) is 14.7 Å². The molecule has 2 aromatic rings. The zero-order chi connectivity index (χ0) is 17.5. The second-order valence-electron chi connectivity index (χ2n) is 5.36. The molecule has 2 rings (SSSR count). The highest BCUT2D eigenvalue weighted by Crippen LogP contribution is 2.28. The molecule has 0 heterocycles. The first-order chi connectivity index (χ1) is 11.5. The molecule has 24 heavy (non-hydrogen) atoms. The van der Waals surface area contributed by atoms with E-state index in [0.717, 1.165) is 0 Å². The van der Waals surface area contributed by atoms with Gasteiger partial charge >= 0.3 is 5.97 Å². The number of hydrazine groups is 1. The molecule has 0 spiro atoms. The Morgan fingerprint density at radius 3 is 1.83 bits per heavy atom. The molecule has 0 aliphatic carbocycles. The number of thiol groups is 1. The molecular weight excluding hydrogens is 324 g/mol. The van der Waals surface area contributed by atoms with Gasteiger partial charge in [-0.05, 0) is 24.3 Å². The van der Waals surface area contributed by atoms with Gasteiger partial charge in [-0.25, -0.2) is 5.01 Å². The Kier molecular flexibility index (Phi) is 6.26. The Morgan fingerprint density at radius 1 is 1.00 bits per heavy atom. The SMILES string of the molecule is CC(CS)C(=O)N(CC(=O)O)N(c1ccccc1)c1ccccc1. The maximum atomic E-state index is 12.8. The lowest BCUT2D eigenvalue weighted by Gasteiger charge is -2.36. The van der Waals surface area contributed by atoms with Crippen LogP contribution in [-0.4, -0.2) is 34.3 Å². The Bertz CT molecular complexity index is 640. The number of para-hydroxylation sites is 2. The van der Waals surface area contributed by atoms with Crippen molar-refractivity contribution in [3.63, 3.8) is 0 Å². The third-order valence-corrected chi connectivity index (χ3v) is 4.03. The second kappa shape index (κ2) is 8.40. The zero-order valence-corrected chi connectivity index (χ0v) is 14.3. The maximum Gasteiger partial charge on any atom is 0.325 e. The summed E-state index contributed by atoms with van der Waals surface area (Å²) in [4.78, 5) is 24.1. The van der Waals surface area contributed by atoms with Crippen LogP contribution in [0.15, 0.2) is 60.7 Å². The maximum absolute atomic E-state index is 12.8. The van der Waals surface area contributed by atoms with Crippen LogP contribution in [0, 0.1) is 5.92 Å². The number of carboxylic acids is 1. The van der Waals surface area contributed by atoms with E-state index in [1.165, 1.54) is 5.01 Å². The molecule has 6 heteroatoms. The van der Waals surface area contributed by atoms with Gasteiger partial charge in [0.2, 0.25) is 5.91 Å². The Morgan fingerprint density at radius 2 is 1.46 bits per heavy atom. The number of carboxylic acid groups (broad SMARTS) is 1. The third kappa shape index (κ3) is 4.29. The zero-order valence-electron chi connectivity index (χ0n) is 13.4. The monoisotopic (exact) mass is 344 g/mol. The third-order valence-electron chi connectivity index (χ3n) is 3.48. The summed E-state index contributed by atoms with van der Waals surface area (Å²) in [5.41, 5.74) is 1.43. The predicted octanol–water partition coefficient (Wildman–Crippen LogP) is 3.22. The van der Waals surface area contributed by atoms with Gasteiger partial charge in [0.05, 0.1) is 11.4 Å². The number of hydrogen-bond donors (Lipinski definition) is 2. The van der Waals surface area contributed by atoms with Crippen molar-refractivity contribution in [3.8, 4) is 0 Å². The first-order valence-corrected chi connectivity index (χ1v) is 8.22. The summed E-state index contributed by atoms with van der Waals surface area (Å²) < 4.78 is 0. The fourth-order valence-corrected chi connectivity index (χ4v) is 2.43. The van der Waals surface area contributed by atoms with Crippen LogP contribution in [0.1, 0.15) is 6.92 Å². The van der Waals surface area contributed by atoms with Crippen molar-refractivity contribution in [2.24, 2.45) is 5.92 Å². The van der Waals surface area contributed by atoms with E-state index in [0.29, 0.717) is 17.1 Å². The van der Waals surface area contributed by atoms with Crippen LogP contribution in [-0.2, 0) is 9.59 Å². The first-order valence-electron chi connectivity index (χ1n) is 7.58. The van der Waals surface area contributed by atoms with Crippen molar-refractivity contribution in [1.82, 2.24) is 5.01 Å². The van der Waals surface area contributed by atoms with E-state index in [2.05, 4.69) is 12.6 Å². The number of hydrogen-bond acceptors (Lipinski definition) is 4. The van der Waals surface area contributed by atoms with Gasteiger partial charge in [-0.2, -0.15) is 12.6 Å². The summed E-state index contributed by atoms with van der Waals surface area (Å²) in [6.07, 6.45) is 0. The smallest absolute Gasteiger partial charge is 0.325 e. The van der Waals surface area contributed by atoms with Gasteiger partial charge in [0.15, 0.2) is 0 Å². The number of nitrogens with zero attached hydrogens (tertiary/aromatic N) is 2. The molecule has 0 aliphatic heterocycles. The molecule has 0 radical (unpaired) electrons. The molecule has 0 bridgehead atoms. The molecule has 0 saturated heterocycles. The highest BCUT2D eigenvalue weighted by Gasteiger charge is 2.28. The van der Waals surface area contributed by atoms with Crippen LogP contribution in [0.25, 0.3) is 0 Å². The van der Waals surface area contributed by atoms with E-state index in [4.69, 9.17) is 0 Å². The predicted molar refractivity (Wildman–Crippen MR) is 97.4 cm³/mol. The minimum Gasteiger partial charge on any atom is -0.480 e. The van der Waals surface area contributed by atoms with Gasteiger partial charge < -0.3 is 5.11 Å². The lowest BCUT2D eigenvalue weighted by Crippen LogP contribution is -2.49. The fourth-order valence-electron chi connectivity index (χ4n) is 2.27. The minimum absolute atomic E-state index is 0.292. The van der Waals surface area contributed by atoms with Crippen LogP contribution in [0.3, 0.4) is 0 Å². The van der Waals surface area contributed by atoms with Crippen LogP contribution < -0.4 is 5.01 Å². The van der Waals surface area contributed by atoms with Crippen molar-refractivity contribution in [2.75, 3.05) is 17.3 Å². The first kappa shape index (κ1) is 17.9. The summed E-state index contributed by atoms with van der Waals surface area (Å²) in [5.74, 6) is -1.43. The quantitative estimate of drug-likeness (QED) is 0.598. The molecule has 2 aromatic carbocycles. The van der Waals surface area contributed by atoms with Crippen molar-refractivity contribution in [3.05, 3.63) is 60.7 Å². The highest BCUT2D eigenvalue weighted by atomic mass is 32.1. The van der Waals surface area contributed by atoms with Gasteiger partial charge in [0.1, 0.15) is 6.54 Å². The Hall–Kier alpha value is -2.47. The van der Waals surface area contributed by atoms with E-state index >= 15 is 0 Å². The average molecular weight is 344 g/mol. The number of carbonyl (C=O) groups is 2. The number of amides is 1. The average Bonchev–Trinajstić information content (AvgIpc) is 2.61. The van der Waals surface area contributed by atoms with Crippen molar-refractivity contribution in [2.45, 2.75) is 6.92 Å². The van der Waals surface area contributed by atoms with E-state index in [-0.39, 0.29) is 5.91 Å². The molecule has 126 valence electrons. The molecule has 0 aliphatic rings. The van der Waals surface area contributed by atoms with Gasteiger partial charge in [-0.1, -0.05) is 43.3 Å². The topological polar surface area (TPSA) is 60.9 Å². The molecule has 1 amide bonds. The van der Waals surface area contributed by atoms with E-state index in [1.807, 2.05) is 60.7 Å². The minimum atomic E-state index is -1.08. The Balaban J connectivity index is 2.52. The molecule has 0 saturated carbocycles. The highest BCUT2D eigenvalue weighted by molar-refractivity contribution is 7.80. The number of carbonyl (C=O) groups excluding carboxylic acids is 1. The lowest BCUT2D eigenvalue weighted by molar-refractivity contribution is -0.145. The summed E-state index contributed by atoms with van der Waals surface area (Å²) in [7, 11) is 0. The van der Waals surface area contributed by atoms with Gasteiger partial charge in [-0.15, -0.1) is 0 Å². The van der Waals surface area contributed by atoms with Crippen LogP contribution in [0.5, 0.6) is 0 Å². The molecule has 1 atom stereocenters. The number of benzene rings is 2. The van der Waals surface area contributed by atoms with Crippen LogP contribution in [0.4, 0.5) is 11.4 Å². The van der Waals surface area contributed by atoms with Gasteiger partial charge in [-0.3, -0.25) is 14.6 Å². The molecular formula is C18H20N2O3S. The lowest BCUT2D eigenvalue weighted by atomic mass is 10.2. The fraction of sp³-hybridized carbons (Fsp3) is 0.222. The van der Waals surface area contributed by atoms with Gasteiger partial charge in [0, 0.05) is 11.7 Å². The second-order valence-corrected chi connectivity index (χ2v) is 5.72. The van der Waals surface area contributed by atoms with Crippen molar-refractivity contribution >= 4 is 35.9 Å². The van der Waals surface area contributed by atoms with E-state index in [1.54, 1.807) is 11.9 Å².